The fourth-order valence-corrected chi connectivity index (χ4v) is 3.20. The lowest BCUT2D eigenvalue weighted by Crippen LogP contribution is -2.27. The molecule has 0 spiro atoms. The molecular weight excluding hydrogens is 408 g/mol. The Morgan fingerprint density at radius 3 is 2.84 bits per heavy atom. The minimum absolute atomic E-state index is 0.142. The molecule has 3 heterocycles. The van der Waals surface area contributed by atoms with Crippen molar-refractivity contribution in [2.24, 2.45) is 0 Å². The molecule has 2 N–H and O–H groups in total. The highest BCUT2D eigenvalue weighted by atomic mass is 16.5. The molecule has 166 valence electrons. The van der Waals surface area contributed by atoms with Gasteiger partial charge in [-0.1, -0.05) is 13.3 Å². The van der Waals surface area contributed by atoms with E-state index in [4.69, 9.17) is 9.15 Å². The number of nitrogens with zero attached hydrogens (tertiary/aromatic N) is 4. The Hall–Kier alpha value is -3.88. The van der Waals surface area contributed by atoms with Gasteiger partial charge in [0.05, 0.1) is 37.5 Å². The summed E-state index contributed by atoms with van der Waals surface area (Å²) in [6, 6.07) is 10.9. The second-order valence-electron chi connectivity index (χ2n) is 7.24. The van der Waals surface area contributed by atoms with Gasteiger partial charge in [-0.3, -0.25) is 4.79 Å². The summed E-state index contributed by atoms with van der Waals surface area (Å²) in [6.07, 6.45) is 6.94. The van der Waals surface area contributed by atoms with E-state index in [1.807, 2.05) is 24.3 Å². The van der Waals surface area contributed by atoms with Gasteiger partial charge in [-0.2, -0.15) is 5.10 Å². The van der Waals surface area contributed by atoms with Crippen LogP contribution in [0.5, 0.6) is 5.75 Å². The van der Waals surface area contributed by atoms with E-state index in [1.165, 1.54) is 6.33 Å². The molecule has 0 aliphatic rings. The monoisotopic (exact) mass is 434 g/mol. The highest BCUT2D eigenvalue weighted by Crippen LogP contribution is 2.19. The summed E-state index contributed by atoms with van der Waals surface area (Å²) in [5.74, 6) is 2.13. The molecule has 1 amide bonds. The zero-order valence-electron chi connectivity index (χ0n) is 18.0. The first-order valence-corrected chi connectivity index (χ1v) is 10.7. The van der Waals surface area contributed by atoms with E-state index in [9.17, 15) is 4.79 Å². The minimum Gasteiger partial charge on any atom is -0.494 e. The molecule has 4 aromatic rings. The number of furan rings is 1. The first-order valence-electron chi connectivity index (χ1n) is 10.7. The Labute approximate surface area is 185 Å². The molecule has 4 rings (SSSR count). The summed E-state index contributed by atoms with van der Waals surface area (Å²) in [5, 5.41) is 11.4. The van der Waals surface area contributed by atoms with Crippen LogP contribution in [0, 0.1) is 0 Å². The Balaban J connectivity index is 1.31. The predicted octanol–water partition coefficient (Wildman–Crippen LogP) is 3.64. The third kappa shape index (κ3) is 5.23. The van der Waals surface area contributed by atoms with E-state index >= 15 is 0 Å². The van der Waals surface area contributed by atoms with Crippen molar-refractivity contribution in [2.75, 3.05) is 18.5 Å². The number of carbonyl (C=O) groups excluding carboxylic acids is 1. The summed E-state index contributed by atoms with van der Waals surface area (Å²) in [6.45, 7) is 4.23. The molecule has 32 heavy (non-hydrogen) atoms. The molecule has 9 heteroatoms. The quantitative estimate of drug-likeness (QED) is 0.347. The summed E-state index contributed by atoms with van der Waals surface area (Å²) in [5.41, 5.74) is 1.29. The molecule has 0 fully saturated rings. The van der Waals surface area contributed by atoms with Crippen LogP contribution in [-0.2, 0) is 13.1 Å². The lowest BCUT2D eigenvalue weighted by Gasteiger charge is -2.08. The van der Waals surface area contributed by atoms with Crippen LogP contribution >= 0.6 is 0 Å². The first kappa shape index (κ1) is 21.4. The topological polar surface area (TPSA) is 107 Å². The normalized spacial score (nSPS) is 10.9. The van der Waals surface area contributed by atoms with Gasteiger partial charge in [-0.05, 0) is 42.8 Å². The Morgan fingerprint density at radius 2 is 2.06 bits per heavy atom. The van der Waals surface area contributed by atoms with Crippen LogP contribution in [0.3, 0.4) is 0 Å². The maximum atomic E-state index is 12.4. The lowest BCUT2D eigenvalue weighted by molar-refractivity contribution is 0.0952. The Bertz CT molecular complexity index is 1140. The van der Waals surface area contributed by atoms with Gasteiger partial charge in [0.25, 0.3) is 5.91 Å². The third-order valence-electron chi connectivity index (χ3n) is 4.94. The van der Waals surface area contributed by atoms with Gasteiger partial charge in [-0.25, -0.2) is 14.6 Å². The summed E-state index contributed by atoms with van der Waals surface area (Å²) in [4.78, 5) is 21.1. The fraction of sp³-hybridized carbons (Fsp3) is 0.304. The number of anilines is 1. The smallest absolute Gasteiger partial charge is 0.251 e. The van der Waals surface area contributed by atoms with Crippen molar-refractivity contribution in [1.82, 2.24) is 25.1 Å². The van der Waals surface area contributed by atoms with E-state index in [2.05, 4.69) is 32.6 Å². The van der Waals surface area contributed by atoms with Gasteiger partial charge >= 0.3 is 0 Å². The van der Waals surface area contributed by atoms with Gasteiger partial charge in [0.2, 0.25) is 0 Å². The van der Waals surface area contributed by atoms with Crippen molar-refractivity contribution in [1.29, 1.82) is 0 Å². The van der Waals surface area contributed by atoms with Crippen LogP contribution in [-0.4, -0.2) is 38.8 Å². The van der Waals surface area contributed by atoms with Crippen LogP contribution in [0.15, 0.2) is 59.6 Å². The highest BCUT2D eigenvalue weighted by molar-refractivity contribution is 5.94. The summed E-state index contributed by atoms with van der Waals surface area (Å²) < 4.78 is 12.7. The maximum absolute atomic E-state index is 12.4. The zero-order chi connectivity index (χ0) is 22.2. The van der Waals surface area contributed by atoms with Crippen molar-refractivity contribution < 1.29 is 13.9 Å². The van der Waals surface area contributed by atoms with Crippen molar-refractivity contribution in [3.8, 4) is 5.75 Å². The Kier molecular flexibility index (Phi) is 6.96. The standard InChI is InChI=1S/C23H26N6O3/c1-2-3-12-31-18-8-6-17(7-9-18)23(30)24-10-11-29-22-20(15-28-29)21(26-16-27-22)25-14-19-5-4-13-32-19/h4-9,13,15-16H,2-3,10-12,14H2,1H3,(H,24,30)(H,25,26,27). The van der Waals surface area contributed by atoms with Gasteiger partial charge < -0.3 is 19.8 Å². The SMILES string of the molecule is CCCCOc1ccc(C(=O)NCCn2ncc3c(NCc4ccco4)ncnc32)cc1. The molecule has 3 aromatic heterocycles. The number of unbranched alkanes of at least 4 members (excludes halogenated alkanes) is 1. The van der Waals surface area contributed by atoms with E-state index < -0.39 is 0 Å². The highest BCUT2D eigenvalue weighted by Gasteiger charge is 2.11. The number of nitrogens with one attached hydrogen (secondary N) is 2. The number of carbonyl (C=O) groups is 1. The molecule has 0 saturated heterocycles. The number of hydrogen-bond donors (Lipinski definition) is 2. The Morgan fingerprint density at radius 1 is 1.19 bits per heavy atom. The molecule has 0 aliphatic carbocycles. The minimum atomic E-state index is -0.142. The number of rotatable bonds is 11. The number of benzene rings is 1. The molecule has 0 unspecified atom stereocenters. The van der Waals surface area contributed by atoms with Crippen LogP contribution in [0.2, 0.25) is 0 Å². The van der Waals surface area contributed by atoms with Gasteiger partial charge in [-0.15, -0.1) is 0 Å². The molecule has 0 bridgehead atoms. The molecule has 0 saturated carbocycles. The van der Waals surface area contributed by atoms with E-state index in [0.29, 0.717) is 43.3 Å². The van der Waals surface area contributed by atoms with Gasteiger partial charge in [0, 0.05) is 12.1 Å². The summed E-state index contributed by atoms with van der Waals surface area (Å²) in [7, 11) is 0. The molecule has 0 aliphatic heterocycles. The number of amides is 1. The molecule has 0 atom stereocenters. The molecule has 1 aromatic carbocycles. The van der Waals surface area contributed by atoms with Crippen molar-refractivity contribution in [2.45, 2.75) is 32.9 Å². The average Bonchev–Trinajstić information content (AvgIpc) is 3.49. The molecular formula is C23H26N6O3. The van der Waals surface area contributed by atoms with Gasteiger partial charge in [0.15, 0.2) is 5.65 Å². The van der Waals surface area contributed by atoms with Crippen molar-refractivity contribution in [3.63, 3.8) is 0 Å². The van der Waals surface area contributed by atoms with Crippen LogP contribution in [0.25, 0.3) is 11.0 Å². The predicted molar refractivity (Wildman–Crippen MR) is 121 cm³/mol. The third-order valence-corrected chi connectivity index (χ3v) is 4.94. The average molecular weight is 435 g/mol. The fourth-order valence-electron chi connectivity index (χ4n) is 3.20. The number of aromatic nitrogens is 4. The second kappa shape index (κ2) is 10.4. The van der Waals surface area contributed by atoms with E-state index in [1.54, 1.807) is 29.3 Å². The largest absolute Gasteiger partial charge is 0.494 e. The molecule has 0 radical (unpaired) electrons. The van der Waals surface area contributed by atoms with Crippen LogP contribution in [0.4, 0.5) is 5.82 Å². The van der Waals surface area contributed by atoms with Crippen molar-refractivity contribution >= 4 is 22.8 Å². The van der Waals surface area contributed by atoms with Gasteiger partial charge in [0.1, 0.15) is 23.7 Å². The van der Waals surface area contributed by atoms with Crippen LogP contribution in [0.1, 0.15) is 35.9 Å². The number of fused-ring (bicyclic) bond motifs is 1. The first-order chi connectivity index (χ1) is 15.7. The van der Waals surface area contributed by atoms with Crippen LogP contribution < -0.4 is 15.4 Å². The van der Waals surface area contributed by atoms with E-state index in [-0.39, 0.29) is 5.91 Å². The zero-order valence-corrected chi connectivity index (χ0v) is 18.0. The second-order valence-corrected chi connectivity index (χ2v) is 7.24. The lowest BCUT2D eigenvalue weighted by atomic mass is 10.2. The molecule has 9 nitrogen and oxygen atoms in total. The summed E-state index contributed by atoms with van der Waals surface area (Å²) >= 11 is 0. The van der Waals surface area contributed by atoms with Crippen molar-refractivity contribution in [3.05, 3.63) is 66.5 Å². The van der Waals surface area contributed by atoms with E-state index in [0.717, 1.165) is 29.7 Å². The number of ether oxygens (including phenoxy) is 1. The number of hydrogen-bond acceptors (Lipinski definition) is 7. The maximum Gasteiger partial charge on any atom is 0.251 e.